The number of aromatic nitrogens is 3. The second-order valence-electron chi connectivity index (χ2n) is 8.49. The average molecular weight is 427 g/mol. The van der Waals surface area contributed by atoms with Crippen LogP contribution in [0.25, 0.3) is 27.5 Å². The molecule has 4 nitrogen and oxygen atoms in total. The van der Waals surface area contributed by atoms with E-state index >= 15 is 0 Å². The molecule has 0 aliphatic carbocycles. The van der Waals surface area contributed by atoms with Gasteiger partial charge in [0.15, 0.2) is 6.23 Å². The summed E-state index contributed by atoms with van der Waals surface area (Å²) >= 11 is 0. The Hall–Kier alpha value is -2.80. The van der Waals surface area contributed by atoms with Crippen LogP contribution in [-0.2, 0) is 10.9 Å². The van der Waals surface area contributed by atoms with Gasteiger partial charge in [-0.3, -0.25) is 0 Å². The molecule has 0 spiro atoms. The highest BCUT2D eigenvalue weighted by molar-refractivity contribution is 5.97. The Kier molecular flexibility index (Phi) is 4.81. The third-order valence-electron chi connectivity index (χ3n) is 6.00. The van der Waals surface area contributed by atoms with E-state index in [1.54, 1.807) is 6.07 Å². The first kappa shape index (κ1) is 20.1. The molecule has 1 saturated heterocycles. The minimum atomic E-state index is -4.38. The van der Waals surface area contributed by atoms with Crippen LogP contribution in [0.5, 0.6) is 0 Å². The summed E-state index contributed by atoms with van der Waals surface area (Å²) in [6.45, 7) is 4.84. The van der Waals surface area contributed by atoms with Gasteiger partial charge < -0.3 is 9.30 Å². The predicted octanol–water partition coefficient (Wildman–Crippen LogP) is 6.82. The summed E-state index contributed by atoms with van der Waals surface area (Å²) < 4.78 is 49.8. The van der Waals surface area contributed by atoms with Gasteiger partial charge in [-0.25, -0.2) is 4.68 Å². The maximum atomic E-state index is 13.3. The molecule has 4 aromatic rings. The predicted molar refractivity (Wildman–Crippen MR) is 114 cm³/mol. The summed E-state index contributed by atoms with van der Waals surface area (Å²) in [5, 5.41) is 6.49. The Morgan fingerprint density at radius 1 is 1.03 bits per heavy atom. The summed E-state index contributed by atoms with van der Waals surface area (Å²) in [6, 6.07) is 11.7. The maximum absolute atomic E-state index is 13.3. The Bertz CT molecular complexity index is 1250. The zero-order chi connectivity index (χ0) is 21.8. The lowest BCUT2D eigenvalue weighted by Crippen LogP contribution is -2.18. The van der Waals surface area contributed by atoms with Gasteiger partial charge in [-0.05, 0) is 61.6 Å². The van der Waals surface area contributed by atoms with E-state index in [4.69, 9.17) is 4.74 Å². The first-order valence-electron chi connectivity index (χ1n) is 10.6. The summed E-state index contributed by atoms with van der Waals surface area (Å²) in [6.07, 6.45) is 0.460. The van der Waals surface area contributed by atoms with E-state index in [1.165, 1.54) is 12.1 Å². The third-order valence-corrected chi connectivity index (χ3v) is 6.00. The van der Waals surface area contributed by atoms with E-state index < -0.39 is 11.7 Å². The second kappa shape index (κ2) is 7.41. The fourth-order valence-electron chi connectivity index (χ4n) is 4.45. The normalized spacial score (nSPS) is 17.8. The van der Waals surface area contributed by atoms with Crippen LogP contribution in [0.15, 0.2) is 48.7 Å². The molecular weight excluding hydrogens is 403 g/mol. The van der Waals surface area contributed by atoms with Gasteiger partial charge in [-0.1, -0.05) is 19.9 Å². The first-order chi connectivity index (χ1) is 14.8. The van der Waals surface area contributed by atoms with Crippen molar-refractivity contribution in [1.82, 2.24) is 14.3 Å². The highest BCUT2D eigenvalue weighted by Crippen LogP contribution is 2.36. The number of rotatable bonds is 3. The van der Waals surface area contributed by atoms with E-state index in [1.807, 2.05) is 21.5 Å². The fourth-order valence-corrected chi connectivity index (χ4v) is 4.45. The number of benzene rings is 2. The van der Waals surface area contributed by atoms with Crippen molar-refractivity contribution in [1.29, 1.82) is 0 Å². The number of nitrogens with zero attached hydrogens (tertiary/aromatic N) is 3. The van der Waals surface area contributed by atoms with Crippen LogP contribution in [0, 0.1) is 0 Å². The third kappa shape index (κ3) is 3.51. The van der Waals surface area contributed by atoms with Crippen molar-refractivity contribution in [3.63, 3.8) is 0 Å². The zero-order valence-corrected chi connectivity index (χ0v) is 17.5. The van der Waals surface area contributed by atoms with E-state index in [-0.39, 0.29) is 12.1 Å². The standard InChI is InChI=1S/C24H24F3N3O/c1-15(2)20-10-16-11-22-17(14-28-30(22)23-8-3-4-9-31-23)12-21(16)29(20)19-7-5-6-18(13-19)24(25,26)27/h5-7,10-15,23H,3-4,8-9H2,1-2H3. The number of fused-ring (bicyclic) bond motifs is 2. The van der Waals surface area contributed by atoms with Gasteiger partial charge in [-0.15, -0.1) is 0 Å². The molecule has 1 atom stereocenters. The van der Waals surface area contributed by atoms with Crippen molar-refractivity contribution >= 4 is 21.8 Å². The van der Waals surface area contributed by atoms with Crippen molar-refractivity contribution in [2.45, 2.75) is 51.4 Å². The number of hydrogen-bond acceptors (Lipinski definition) is 2. The molecule has 162 valence electrons. The quantitative estimate of drug-likeness (QED) is 0.359. The molecule has 0 N–H and O–H groups in total. The summed E-state index contributed by atoms with van der Waals surface area (Å²) in [7, 11) is 0. The molecule has 3 heterocycles. The zero-order valence-electron chi connectivity index (χ0n) is 17.5. The Morgan fingerprint density at radius 3 is 2.55 bits per heavy atom. The lowest BCUT2D eigenvalue weighted by molar-refractivity contribution is -0.137. The van der Waals surface area contributed by atoms with Crippen molar-refractivity contribution in [2.24, 2.45) is 0 Å². The Morgan fingerprint density at radius 2 is 1.84 bits per heavy atom. The molecule has 2 aromatic heterocycles. The van der Waals surface area contributed by atoms with E-state index in [9.17, 15) is 13.2 Å². The molecule has 7 heteroatoms. The van der Waals surface area contributed by atoms with Gasteiger partial charge in [0.2, 0.25) is 0 Å². The fraction of sp³-hybridized carbons (Fsp3) is 0.375. The Balaban J connectivity index is 1.70. The average Bonchev–Trinajstić information content (AvgIpc) is 3.33. The first-order valence-corrected chi connectivity index (χ1v) is 10.6. The summed E-state index contributed by atoms with van der Waals surface area (Å²) in [5.74, 6) is 0.142. The monoisotopic (exact) mass is 427 g/mol. The minimum Gasteiger partial charge on any atom is -0.356 e. The molecule has 1 aliphatic rings. The van der Waals surface area contributed by atoms with E-state index in [0.29, 0.717) is 5.69 Å². The van der Waals surface area contributed by atoms with Gasteiger partial charge in [0.25, 0.3) is 0 Å². The Labute approximate surface area is 178 Å². The topological polar surface area (TPSA) is 32.0 Å². The molecule has 0 saturated carbocycles. The van der Waals surface area contributed by atoms with Crippen molar-refractivity contribution in [2.75, 3.05) is 6.61 Å². The molecule has 1 unspecified atom stereocenters. The van der Waals surface area contributed by atoms with Crippen LogP contribution >= 0.6 is 0 Å². The minimum absolute atomic E-state index is 0.0705. The van der Waals surface area contributed by atoms with Crippen molar-refractivity contribution < 1.29 is 17.9 Å². The van der Waals surface area contributed by atoms with Crippen LogP contribution in [0.3, 0.4) is 0 Å². The van der Waals surface area contributed by atoms with Gasteiger partial charge in [0.05, 0.1) is 22.8 Å². The number of ether oxygens (including phenoxy) is 1. The molecule has 0 bridgehead atoms. The molecule has 1 fully saturated rings. The molecule has 1 aliphatic heterocycles. The number of hydrogen-bond donors (Lipinski definition) is 0. The highest BCUT2D eigenvalue weighted by atomic mass is 19.4. The number of halogens is 3. The van der Waals surface area contributed by atoms with Crippen LogP contribution in [0.2, 0.25) is 0 Å². The second-order valence-corrected chi connectivity index (χ2v) is 8.49. The van der Waals surface area contributed by atoms with Crippen LogP contribution in [-0.4, -0.2) is 21.0 Å². The van der Waals surface area contributed by atoms with Crippen molar-refractivity contribution in [3.05, 3.63) is 59.9 Å². The van der Waals surface area contributed by atoms with Crippen LogP contribution in [0.1, 0.15) is 56.5 Å². The van der Waals surface area contributed by atoms with Gasteiger partial charge in [-0.2, -0.15) is 18.3 Å². The lowest BCUT2D eigenvalue weighted by atomic mass is 10.1. The summed E-state index contributed by atoms with van der Waals surface area (Å²) in [5.41, 5.74) is 2.69. The van der Waals surface area contributed by atoms with Crippen LogP contribution < -0.4 is 0 Å². The molecule has 2 aromatic carbocycles. The van der Waals surface area contributed by atoms with Crippen LogP contribution in [0.4, 0.5) is 13.2 Å². The van der Waals surface area contributed by atoms with Crippen molar-refractivity contribution in [3.8, 4) is 5.69 Å². The molecular formula is C24H24F3N3O. The lowest BCUT2D eigenvalue weighted by Gasteiger charge is -2.23. The molecule has 0 radical (unpaired) electrons. The van der Waals surface area contributed by atoms with Gasteiger partial charge in [0.1, 0.15) is 0 Å². The highest BCUT2D eigenvalue weighted by Gasteiger charge is 2.31. The summed E-state index contributed by atoms with van der Waals surface area (Å²) in [4.78, 5) is 0. The van der Waals surface area contributed by atoms with E-state index in [0.717, 1.165) is 59.4 Å². The smallest absolute Gasteiger partial charge is 0.356 e. The number of alkyl halides is 3. The molecule has 0 amide bonds. The van der Waals surface area contributed by atoms with Gasteiger partial charge in [0, 0.05) is 28.8 Å². The van der Waals surface area contributed by atoms with E-state index in [2.05, 4.69) is 31.1 Å². The molecule has 5 rings (SSSR count). The SMILES string of the molecule is CC(C)c1cc2cc3c(cnn3C3CCCCO3)cc2n1-c1cccc(C(F)(F)F)c1. The van der Waals surface area contributed by atoms with Gasteiger partial charge >= 0.3 is 6.18 Å². The maximum Gasteiger partial charge on any atom is 0.416 e. The molecule has 31 heavy (non-hydrogen) atoms. The largest absolute Gasteiger partial charge is 0.416 e.